The third kappa shape index (κ3) is 11.0. The van der Waals surface area contributed by atoms with Crippen molar-refractivity contribution in [1.82, 2.24) is 15.0 Å². The highest BCUT2D eigenvalue weighted by atomic mass is 16.6. The highest BCUT2D eigenvalue weighted by molar-refractivity contribution is 5.79. The Morgan fingerprint density at radius 2 is 1.74 bits per heavy atom. The van der Waals surface area contributed by atoms with Crippen molar-refractivity contribution in [3.05, 3.63) is 36.5 Å². The van der Waals surface area contributed by atoms with Crippen LogP contribution in [0.3, 0.4) is 0 Å². The third-order valence-electron chi connectivity index (χ3n) is 9.48. The lowest BCUT2D eigenvalue weighted by Gasteiger charge is -2.33. The number of nitrogens with zero attached hydrogens (tertiary/aromatic N) is 3. The van der Waals surface area contributed by atoms with Gasteiger partial charge in [-0.15, -0.1) is 0 Å². The molecule has 0 unspecified atom stereocenters. The second-order valence-electron chi connectivity index (χ2n) is 13.3. The number of carbonyl (C=O) groups is 3. The molecule has 0 saturated carbocycles. The van der Waals surface area contributed by atoms with Gasteiger partial charge < -0.3 is 32.6 Å². The molecular formula is C37H51N3O10. The summed E-state index contributed by atoms with van der Waals surface area (Å²) < 4.78 is 34.7. The van der Waals surface area contributed by atoms with Gasteiger partial charge >= 0.3 is 5.97 Å². The van der Waals surface area contributed by atoms with Gasteiger partial charge in [0, 0.05) is 58.2 Å². The first-order valence-electron chi connectivity index (χ1n) is 17.5. The van der Waals surface area contributed by atoms with Gasteiger partial charge in [0.25, 0.3) is 0 Å². The summed E-state index contributed by atoms with van der Waals surface area (Å²) in [6.07, 6.45) is 9.15. The van der Waals surface area contributed by atoms with Crippen LogP contribution < -0.4 is 0 Å². The first-order chi connectivity index (χ1) is 24.0. The molecule has 3 aromatic rings. The van der Waals surface area contributed by atoms with Gasteiger partial charge in [-0.05, 0) is 37.7 Å². The summed E-state index contributed by atoms with van der Waals surface area (Å²) in [6, 6.07) is 0. The summed E-state index contributed by atoms with van der Waals surface area (Å²) in [5.41, 5.74) is 1.38. The van der Waals surface area contributed by atoms with Crippen molar-refractivity contribution in [3.63, 3.8) is 0 Å². The van der Waals surface area contributed by atoms with E-state index in [2.05, 4.69) is 15.0 Å². The number of ether oxygens (including phenoxy) is 3. The standard InChI is InChI=1S/C37H51N3O10/c1-7-25(41)15-14-22(2)32(46-6)18-33-24(4)31(45-5)12-9-13-34-38-29(20-47-34)36-40-30(21-49-36)37-39-28(19-48-37)23(3)16-26(42)10-8-11-27(43)17-35(44)50-33/h9,13,19-24,27,31-33,43H,7-8,10-12,14-18H2,1-6H3/t22-,23-,24+,27-,31-,32-,33-/m0/s1. The lowest BCUT2D eigenvalue weighted by Crippen LogP contribution is -2.39. The Bertz CT molecular complexity index is 1560. The molecule has 0 aromatic carbocycles. The second-order valence-corrected chi connectivity index (χ2v) is 13.3. The lowest BCUT2D eigenvalue weighted by atomic mass is 9.87. The number of cyclic esters (lactones) is 1. The molecular weight excluding hydrogens is 646 g/mol. The normalized spacial score (nSPS) is 24.2. The molecule has 1 aliphatic heterocycles. The molecule has 13 heteroatoms. The first kappa shape index (κ1) is 38.9. The fourth-order valence-corrected chi connectivity index (χ4v) is 6.16. The average Bonchev–Trinajstić information content (AvgIpc) is 3.88. The van der Waals surface area contributed by atoms with Gasteiger partial charge in [0.05, 0.1) is 30.4 Å². The minimum atomic E-state index is -0.965. The number of oxazole rings is 3. The van der Waals surface area contributed by atoms with E-state index in [1.54, 1.807) is 20.3 Å². The van der Waals surface area contributed by atoms with Crippen molar-refractivity contribution in [2.75, 3.05) is 14.2 Å². The monoisotopic (exact) mass is 697 g/mol. The molecule has 3 aromatic heterocycles. The molecule has 4 rings (SSSR count). The Hall–Kier alpha value is -3.94. The average molecular weight is 698 g/mol. The predicted molar refractivity (Wildman–Crippen MR) is 183 cm³/mol. The highest BCUT2D eigenvalue weighted by Gasteiger charge is 2.33. The molecule has 274 valence electrons. The number of aliphatic hydroxyl groups is 1. The van der Waals surface area contributed by atoms with E-state index in [1.165, 1.54) is 18.8 Å². The summed E-state index contributed by atoms with van der Waals surface area (Å²) in [4.78, 5) is 51.4. The Kier molecular flexibility index (Phi) is 14.7. The van der Waals surface area contributed by atoms with Gasteiger partial charge in [-0.2, -0.15) is 0 Å². The van der Waals surface area contributed by atoms with Gasteiger partial charge in [-0.25, -0.2) is 15.0 Å². The lowest BCUT2D eigenvalue weighted by molar-refractivity contribution is -0.159. The predicted octanol–water partition coefficient (Wildman–Crippen LogP) is 6.75. The van der Waals surface area contributed by atoms with Crippen LogP contribution in [-0.4, -0.2) is 76.2 Å². The molecule has 1 N–H and O–H groups in total. The number of ketones is 2. The fraction of sp³-hybridized carbons (Fsp3) is 0.622. The van der Waals surface area contributed by atoms with E-state index in [1.807, 2.05) is 33.8 Å². The van der Waals surface area contributed by atoms with Crippen molar-refractivity contribution in [2.45, 2.75) is 122 Å². The summed E-state index contributed by atoms with van der Waals surface area (Å²) in [5, 5.41) is 10.7. The van der Waals surface area contributed by atoms with Gasteiger partial charge in [0.2, 0.25) is 17.7 Å². The van der Waals surface area contributed by atoms with Crippen molar-refractivity contribution in [1.29, 1.82) is 0 Å². The van der Waals surface area contributed by atoms with E-state index in [0.717, 1.165) is 0 Å². The second kappa shape index (κ2) is 18.9. The van der Waals surface area contributed by atoms with Gasteiger partial charge in [-0.1, -0.05) is 33.8 Å². The number of methoxy groups -OCH3 is 2. The number of hydrogen-bond acceptors (Lipinski definition) is 13. The first-order valence-corrected chi connectivity index (χ1v) is 17.5. The van der Waals surface area contributed by atoms with Crippen LogP contribution in [-0.2, 0) is 28.6 Å². The number of Topliss-reactive ketones (excluding diaryl/α,β-unsaturated/α-hetero) is 2. The maximum Gasteiger partial charge on any atom is 0.308 e. The van der Waals surface area contributed by atoms with Crippen molar-refractivity contribution < 1.29 is 47.0 Å². The van der Waals surface area contributed by atoms with Crippen LogP contribution in [0.15, 0.2) is 38.1 Å². The molecule has 4 heterocycles. The Morgan fingerprint density at radius 3 is 2.48 bits per heavy atom. The Labute approximate surface area is 293 Å². The van der Waals surface area contributed by atoms with Crippen LogP contribution in [0.4, 0.5) is 0 Å². The smallest absolute Gasteiger partial charge is 0.308 e. The van der Waals surface area contributed by atoms with E-state index in [4.69, 9.17) is 27.5 Å². The van der Waals surface area contributed by atoms with Crippen LogP contribution >= 0.6 is 0 Å². The summed E-state index contributed by atoms with van der Waals surface area (Å²) in [7, 11) is 3.22. The SMILES string of the molecule is CCC(=O)CC[C@H](C)[C@H](C[C@@H]1OC(=O)C[C@@H](O)CCCC(=O)C[C@H](C)c2coc(n2)-c2coc(n2)-c2coc(n2)C=CC[C@H](OC)[C@H]1C)OC. The summed E-state index contributed by atoms with van der Waals surface area (Å²) in [6.45, 7) is 7.72. The molecule has 6 bridgehead atoms. The molecule has 50 heavy (non-hydrogen) atoms. The molecule has 0 aliphatic carbocycles. The van der Waals surface area contributed by atoms with E-state index in [0.29, 0.717) is 61.5 Å². The van der Waals surface area contributed by atoms with Crippen molar-refractivity contribution >= 4 is 23.6 Å². The van der Waals surface area contributed by atoms with Gasteiger partial charge in [0.1, 0.15) is 36.5 Å². The van der Waals surface area contributed by atoms with E-state index < -0.39 is 18.2 Å². The van der Waals surface area contributed by atoms with E-state index in [-0.39, 0.29) is 79.0 Å². The van der Waals surface area contributed by atoms with Crippen LogP contribution in [0.1, 0.15) is 109 Å². The number of fused-ring (bicyclic) bond motifs is 8. The molecule has 0 spiro atoms. The number of esters is 1. The van der Waals surface area contributed by atoms with Crippen LogP contribution in [0, 0.1) is 11.8 Å². The van der Waals surface area contributed by atoms with Crippen molar-refractivity contribution in [3.8, 4) is 23.2 Å². The Morgan fingerprint density at radius 1 is 1.02 bits per heavy atom. The van der Waals surface area contributed by atoms with Gasteiger partial charge in [0.15, 0.2) is 11.4 Å². The number of rotatable bonds is 9. The maximum absolute atomic E-state index is 13.2. The maximum atomic E-state index is 13.2. The zero-order chi connectivity index (χ0) is 36.2. The highest BCUT2D eigenvalue weighted by Crippen LogP contribution is 2.30. The van der Waals surface area contributed by atoms with Crippen LogP contribution in [0.5, 0.6) is 0 Å². The van der Waals surface area contributed by atoms with Crippen LogP contribution in [0.2, 0.25) is 0 Å². The molecule has 0 amide bonds. The van der Waals surface area contributed by atoms with Crippen LogP contribution in [0.25, 0.3) is 29.2 Å². The largest absolute Gasteiger partial charge is 0.462 e. The minimum Gasteiger partial charge on any atom is -0.462 e. The fourth-order valence-electron chi connectivity index (χ4n) is 6.16. The molecule has 7 atom stereocenters. The molecule has 0 radical (unpaired) electrons. The number of aromatic nitrogens is 3. The molecule has 0 fully saturated rings. The summed E-state index contributed by atoms with van der Waals surface area (Å²) in [5.74, 6) is 0.0353. The minimum absolute atomic E-state index is 0.0152. The number of carbonyl (C=O) groups excluding carboxylic acids is 3. The topological polar surface area (TPSA) is 177 Å². The van der Waals surface area contributed by atoms with E-state index in [9.17, 15) is 19.5 Å². The zero-order valence-corrected chi connectivity index (χ0v) is 30.0. The zero-order valence-electron chi connectivity index (χ0n) is 30.0. The number of aliphatic hydroxyl groups excluding tert-OH is 1. The number of hydrogen-bond donors (Lipinski definition) is 1. The molecule has 1 aliphatic rings. The van der Waals surface area contributed by atoms with E-state index >= 15 is 0 Å². The third-order valence-corrected chi connectivity index (χ3v) is 9.48. The Balaban J connectivity index is 1.56. The molecule has 13 nitrogen and oxygen atoms in total. The summed E-state index contributed by atoms with van der Waals surface area (Å²) >= 11 is 0. The van der Waals surface area contributed by atoms with Gasteiger partial charge in [-0.3, -0.25) is 14.4 Å². The quantitative estimate of drug-likeness (QED) is 0.233. The molecule has 0 saturated heterocycles. The van der Waals surface area contributed by atoms with Crippen molar-refractivity contribution in [2.24, 2.45) is 11.8 Å².